The number of halogens is 1. The Morgan fingerprint density at radius 3 is 2.67 bits per heavy atom. The molecule has 0 saturated carbocycles. The molecule has 1 aliphatic heterocycles. The van der Waals surface area contributed by atoms with Crippen LogP contribution in [0.25, 0.3) is 0 Å². The lowest BCUT2D eigenvalue weighted by molar-refractivity contribution is -0.123. The lowest BCUT2D eigenvalue weighted by Gasteiger charge is -2.12. The van der Waals surface area contributed by atoms with Crippen molar-refractivity contribution >= 4 is 41.0 Å². The zero-order chi connectivity index (χ0) is 19.2. The summed E-state index contributed by atoms with van der Waals surface area (Å²) in [6.45, 7) is 1.53. The number of ether oxygens (including phenoxy) is 1. The number of hydrogen-bond acceptors (Lipinski definition) is 5. The molecule has 7 nitrogen and oxygen atoms in total. The monoisotopic (exact) mass is 384 g/mol. The van der Waals surface area contributed by atoms with Crippen molar-refractivity contribution in [3.8, 4) is 5.75 Å². The normalized spacial score (nSPS) is 16.5. The Kier molecular flexibility index (Phi) is 5.83. The van der Waals surface area contributed by atoms with Gasteiger partial charge in [0.15, 0.2) is 6.61 Å². The Balaban J connectivity index is 1.52. The molecule has 1 heterocycles. The van der Waals surface area contributed by atoms with Crippen LogP contribution in [0.15, 0.2) is 64.8 Å². The molecule has 0 radical (unpaired) electrons. The minimum absolute atomic E-state index is 0.208. The number of anilines is 1. The summed E-state index contributed by atoms with van der Waals surface area (Å²) in [7, 11) is 0. The van der Waals surface area contributed by atoms with Crippen LogP contribution >= 0.6 is 11.6 Å². The maximum absolute atomic E-state index is 12.5. The first kappa shape index (κ1) is 18.6. The molecule has 1 N–H and O–H groups in total. The van der Waals surface area contributed by atoms with Crippen LogP contribution in [0.5, 0.6) is 5.75 Å². The molecule has 3 rings (SSSR count). The summed E-state index contributed by atoms with van der Waals surface area (Å²) in [5.74, 6) is -0.774. The van der Waals surface area contributed by atoms with Crippen LogP contribution in [0.1, 0.15) is 6.92 Å². The Morgan fingerprint density at radius 2 is 1.96 bits per heavy atom. The molecule has 0 fully saturated rings. The standard InChI is InChI=1S/C19H17ClN4O3/c1-13-17(19(26)24(23-13)15-5-3-2-4-6-15)11-21-22-18(25)12-27-16-9-7-14(20)8-10-16/h2-11,17H,12H2,1H3,(H,22,25)/b21-11-/t17-/m0/s1. The van der Waals surface area contributed by atoms with Gasteiger partial charge in [-0.25, -0.2) is 5.43 Å². The van der Waals surface area contributed by atoms with E-state index in [0.717, 1.165) is 0 Å². The molecule has 1 aliphatic rings. The Labute approximate surface area is 161 Å². The van der Waals surface area contributed by atoms with Gasteiger partial charge in [-0.15, -0.1) is 0 Å². The van der Waals surface area contributed by atoms with Crippen LogP contribution in [0.4, 0.5) is 5.69 Å². The number of carbonyl (C=O) groups excluding carboxylic acids is 2. The van der Waals surface area contributed by atoms with Crippen molar-refractivity contribution in [1.82, 2.24) is 5.43 Å². The third-order valence-corrected chi connectivity index (χ3v) is 4.03. The number of hydrazone groups is 2. The van der Waals surface area contributed by atoms with E-state index in [2.05, 4.69) is 15.6 Å². The quantitative estimate of drug-likeness (QED) is 0.614. The highest BCUT2D eigenvalue weighted by Gasteiger charge is 2.33. The van der Waals surface area contributed by atoms with Crippen LogP contribution in [-0.4, -0.2) is 30.3 Å². The molecule has 27 heavy (non-hydrogen) atoms. The van der Waals surface area contributed by atoms with Crippen molar-refractivity contribution in [1.29, 1.82) is 0 Å². The van der Waals surface area contributed by atoms with Gasteiger partial charge >= 0.3 is 0 Å². The highest BCUT2D eigenvalue weighted by Crippen LogP contribution is 2.22. The molecule has 0 bridgehead atoms. The molecule has 138 valence electrons. The highest BCUT2D eigenvalue weighted by atomic mass is 35.5. The molecule has 2 aromatic carbocycles. The van der Waals surface area contributed by atoms with Gasteiger partial charge in [-0.3, -0.25) is 9.59 Å². The Hall–Kier alpha value is -3.19. The van der Waals surface area contributed by atoms with Crippen molar-refractivity contribution < 1.29 is 14.3 Å². The summed E-state index contributed by atoms with van der Waals surface area (Å²) >= 11 is 5.78. The third-order valence-electron chi connectivity index (χ3n) is 3.78. The summed E-state index contributed by atoms with van der Waals surface area (Å²) in [6, 6.07) is 15.8. The first-order chi connectivity index (χ1) is 13.0. The van der Waals surface area contributed by atoms with Crippen molar-refractivity contribution in [2.75, 3.05) is 11.6 Å². The smallest absolute Gasteiger partial charge is 0.277 e. The lowest BCUT2D eigenvalue weighted by atomic mass is 10.1. The number of benzene rings is 2. The third kappa shape index (κ3) is 4.71. The summed E-state index contributed by atoms with van der Waals surface area (Å²) in [4.78, 5) is 24.3. The molecule has 0 unspecified atom stereocenters. The number of para-hydroxylation sites is 1. The van der Waals surface area contributed by atoms with Crippen LogP contribution in [-0.2, 0) is 9.59 Å². The van der Waals surface area contributed by atoms with Crippen LogP contribution in [0, 0.1) is 5.92 Å². The number of hydrogen-bond donors (Lipinski definition) is 1. The number of rotatable bonds is 6. The largest absolute Gasteiger partial charge is 0.484 e. The molecular formula is C19H17ClN4O3. The van der Waals surface area contributed by atoms with Crippen LogP contribution in [0.2, 0.25) is 5.02 Å². The zero-order valence-corrected chi connectivity index (χ0v) is 15.3. The molecule has 1 atom stereocenters. The first-order valence-corrected chi connectivity index (χ1v) is 8.57. The number of nitrogens with one attached hydrogen (secondary N) is 1. The fourth-order valence-corrected chi connectivity index (χ4v) is 2.53. The minimum Gasteiger partial charge on any atom is -0.484 e. The maximum Gasteiger partial charge on any atom is 0.277 e. The topological polar surface area (TPSA) is 83.4 Å². The second kappa shape index (κ2) is 8.46. The van der Waals surface area contributed by atoms with Crippen LogP contribution in [0.3, 0.4) is 0 Å². The number of amides is 2. The van der Waals surface area contributed by atoms with Gasteiger partial charge in [0, 0.05) is 11.2 Å². The van der Waals surface area contributed by atoms with Gasteiger partial charge in [-0.1, -0.05) is 29.8 Å². The lowest BCUT2D eigenvalue weighted by Crippen LogP contribution is -2.30. The van der Waals surface area contributed by atoms with Gasteiger partial charge in [-0.2, -0.15) is 15.2 Å². The van der Waals surface area contributed by atoms with Crippen molar-refractivity contribution in [2.24, 2.45) is 16.1 Å². The van der Waals surface area contributed by atoms with Gasteiger partial charge in [0.2, 0.25) is 0 Å². The molecule has 2 aromatic rings. The number of carbonyl (C=O) groups is 2. The second-order valence-corrected chi connectivity index (χ2v) is 6.20. The average Bonchev–Trinajstić information content (AvgIpc) is 2.96. The molecular weight excluding hydrogens is 368 g/mol. The van der Waals surface area contributed by atoms with E-state index < -0.39 is 11.8 Å². The SMILES string of the molecule is CC1=NN(c2ccccc2)C(=O)[C@H]1/C=N\NC(=O)COc1ccc(Cl)cc1. The van der Waals surface area contributed by atoms with E-state index in [-0.39, 0.29) is 12.5 Å². The summed E-state index contributed by atoms with van der Waals surface area (Å²) < 4.78 is 5.32. The predicted molar refractivity (Wildman–Crippen MR) is 104 cm³/mol. The summed E-state index contributed by atoms with van der Waals surface area (Å²) in [5, 5.41) is 10.0. The van der Waals surface area contributed by atoms with E-state index in [0.29, 0.717) is 22.2 Å². The van der Waals surface area contributed by atoms with E-state index in [1.54, 1.807) is 43.3 Å². The molecule has 0 aromatic heterocycles. The van der Waals surface area contributed by atoms with Gasteiger partial charge in [0.05, 0.1) is 11.4 Å². The van der Waals surface area contributed by atoms with E-state index in [1.165, 1.54) is 11.2 Å². The molecule has 0 saturated heterocycles. The Bertz CT molecular complexity index is 882. The van der Waals surface area contributed by atoms with E-state index >= 15 is 0 Å². The predicted octanol–water partition coefficient (Wildman–Crippen LogP) is 2.86. The molecule has 2 amide bonds. The van der Waals surface area contributed by atoms with E-state index in [4.69, 9.17) is 16.3 Å². The minimum atomic E-state index is -0.623. The molecule has 0 spiro atoms. The van der Waals surface area contributed by atoms with Crippen molar-refractivity contribution in [2.45, 2.75) is 6.92 Å². The highest BCUT2D eigenvalue weighted by molar-refractivity contribution is 6.30. The summed E-state index contributed by atoms with van der Waals surface area (Å²) in [5.41, 5.74) is 3.62. The van der Waals surface area contributed by atoms with E-state index in [1.807, 2.05) is 18.2 Å². The van der Waals surface area contributed by atoms with Gasteiger partial charge in [0.25, 0.3) is 11.8 Å². The van der Waals surface area contributed by atoms with Gasteiger partial charge < -0.3 is 4.74 Å². The fourth-order valence-electron chi connectivity index (χ4n) is 2.40. The first-order valence-electron chi connectivity index (χ1n) is 8.19. The van der Waals surface area contributed by atoms with Crippen LogP contribution < -0.4 is 15.2 Å². The maximum atomic E-state index is 12.5. The zero-order valence-electron chi connectivity index (χ0n) is 14.5. The Morgan fingerprint density at radius 1 is 1.26 bits per heavy atom. The van der Waals surface area contributed by atoms with Crippen molar-refractivity contribution in [3.05, 3.63) is 59.6 Å². The molecule has 8 heteroatoms. The number of nitrogens with zero attached hydrogens (tertiary/aromatic N) is 3. The van der Waals surface area contributed by atoms with Gasteiger partial charge in [0.1, 0.15) is 11.7 Å². The van der Waals surface area contributed by atoms with Gasteiger partial charge in [-0.05, 0) is 43.3 Å². The van der Waals surface area contributed by atoms with Crippen molar-refractivity contribution in [3.63, 3.8) is 0 Å². The second-order valence-electron chi connectivity index (χ2n) is 5.76. The fraction of sp³-hybridized carbons (Fsp3) is 0.158. The summed E-state index contributed by atoms with van der Waals surface area (Å²) in [6.07, 6.45) is 1.37. The molecule has 0 aliphatic carbocycles. The average molecular weight is 385 g/mol. The van der Waals surface area contributed by atoms with E-state index in [9.17, 15) is 9.59 Å².